The Hall–Kier alpha value is -3.32. The number of nitrogens with one attached hydrogen (secondary N) is 1. The van der Waals surface area contributed by atoms with Crippen molar-refractivity contribution < 1.29 is 9.53 Å². The smallest absolute Gasteiger partial charge is 0.279 e. The van der Waals surface area contributed by atoms with Crippen LogP contribution in [0.25, 0.3) is 0 Å². The summed E-state index contributed by atoms with van der Waals surface area (Å²) in [6.07, 6.45) is 1.82. The number of anilines is 1. The SMILES string of the molecule is C=CCOc1ccccc1C1CC(=O)Nc2c1c(=O)nc(SCc1ccccc1)n2C. The molecule has 1 aliphatic heterocycles. The first-order chi connectivity index (χ1) is 15.1. The average Bonchev–Trinajstić information content (AvgIpc) is 2.79. The zero-order valence-electron chi connectivity index (χ0n) is 17.2. The molecule has 1 aliphatic rings. The Kier molecular flexibility index (Phi) is 6.23. The minimum Gasteiger partial charge on any atom is -0.489 e. The van der Waals surface area contributed by atoms with Gasteiger partial charge in [-0.25, -0.2) is 0 Å². The highest BCUT2D eigenvalue weighted by atomic mass is 32.2. The summed E-state index contributed by atoms with van der Waals surface area (Å²) >= 11 is 1.46. The van der Waals surface area contributed by atoms with Gasteiger partial charge in [0, 0.05) is 30.7 Å². The highest BCUT2D eigenvalue weighted by Gasteiger charge is 2.33. The predicted molar refractivity (Wildman–Crippen MR) is 123 cm³/mol. The molecule has 0 bridgehead atoms. The summed E-state index contributed by atoms with van der Waals surface area (Å²) in [4.78, 5) is 30.1. The molecule has 31 heavy (non-hydrogen) atoms. The number of benzene rings is 2. The van der Waals surface area contributed by atoms with Gasteiger partial charge in [-0.1, -0.05) is 72.9 Å². The lowest BCUT2D eigenvalue weighted by Crippen LogP contribution is -2.33. The van der Waals surface area contributed by atoms with E-state index in [0.717, 1.165) is 11.1 Å². The number of nitrogens with zero attached hydrogens (tertiary/aromatic N) is 2. The minimum atomic E-state index is -0.427. The maximum atomic E-state index is 13.1. The third kappa shape index (κ3) is 4.41. The number of carbonyl (C=O) groups excluding carboxylic acids is 1. The second-order valence-corrected chi connectivity index (χ2v) is 8.18. The van der Waals surface area contributed by atoms with E-state index in [0.29, 0.717) is 34.6 Å². The molecule has 3 aromatic rings. The summed E-state index contributed by atoms with van der Waals surface area (Å²) in [5, 5.41) is 3.44. The summed E-state index contributed by atoms with van der Waals surface area (Å²) in [5.41, 5.74) is 2.09. The van der Waals surface area contributed by atoms with Gasteiger partial charge in [0.15, 0.2) is 5.16 Å². The average molecular weight is 434 g/mol. The molecule has 158 valence electrons. The largest absolute Gasteiger partial charge is 0.489 e. The molecule has 0 spiro atoms. The Morgan fingerprint density at radius 3 is 2.71 bits per heavy atom. The van der Waals surface area contributed by atoms with Crippen LogP contribution in [-0.4, -0.2) is 22.1 Å². The van der Waals surface area contributed by atoms with Crippen molar-refractivity contribution in [2.75, 3.05) is 11.9 Å². The summed E-state index contributed by atoms with van der Waals surface area (Å²) in [7, 11) is 1.82. The van der Waals surface area contributed by atoms with Crippen LogP contribution in [0.15, 0.2) is 77.2 Å². The van der Waals surface area contributed by atoms with Gasteiger partial charge in [-0.3, -0.25) is 9.59 Å². The number of hydrogen-bond donors (Lipinski definition) is 1. The van der Waals surface area contributed by atoms with Crippen molar-refractivity contribution in [3.05, 3.63) is 94.3 Å². The van der Waals surface area contributed by atoms with Crippen LogP contribution in [0.3, 0.4) is 0 Å². The number of ether oxygens (including phenoxy) is 1. The van der Waals surface area contributed by atoms with E-state index in [1.807, 2.05) is 61.6 Å². The molecular weight excluding hydrogens is 410 g/mol. The van der Waals surface area contributed by atoms with E-state index < -0.39 is 5.92 Å². The van der Waals surface area contributed by atoms with E-state index in [1.165, 1.54) is 11.8 Å². The molecular formula is C24H23N3O3S. The highest BCUT2D eigenvalue weighted by Crippen LogP contribution is 2.39. The van der Waals surface area contributed by atoms with Crippen molar-refractivity contribution in [2.45, 2.75) is 23.2 Å². The number of fused-ring (bicyclic) bond motifs is 1. The molecule has 7 heteroatoms. The second-order valence-electron chi connectivity index (χ2n) is 7.24. The molecule has 0 saturated carbocycles. The molecule has 0 saturated heterocycles. The van der Waals surface area contributed by atoms with E-state index in [1.54, 1.807) is 10.6 Å². The van der Waals surface area contributed by atoms with Crippen LogP contribution in [0.1, 0.15) is 29.0 Å². The van der Waals surface area contributed by atoms with Gasteiger partial charge >= 0.3 is 0 Å². The number of amides is 1. The standard InChI is InChI=1S/C24H23N3O3S/c1-3-13-30-19-12-8-7-11-17(19)18-14-20(28)25-22-21(18)23(29)26-24(27(22)2)31-15-16-9-5-4-6-10-16/h3-12,18H,1,13-15H2,2H3,(H,25,28). The Morgan fingerprint density at radius 1 is 1.19 bits per heavy atom. The summed E-state index contributed by atoms with van der Waals surface area (Å²) in [5.74, 6) is 1.24. The molecule has 1 aromatic heterocycles. The van der Waals surface area contributed by atoms with Crippen LogP contribution < -0.4 is 15.6 Å². The first-order valence-electron chi connectivity index (χ1n) is 9.98. The van der Waals surface area contributed by atoms with E-state index >= 15 is 0 Å². The molecule has 1 atom stereocenters. The summed E-state index contributed by atoms with van der Waals surface area (Å²) in [6.45, 7) is 4.03. The Bertz CT molecular complexity index is 1170. The van der Waals surface area contributed by atoms with Gasteiger partial charge in [-0.05, 0) is 11.6 Å². The number of para-hydroxylation sites is 1. The van der Waals surface area contributed by atoms with Crippen molar-refractivity contribution in [3.63, 3.8) is 0 Å². The van der Waals surface area contributed by atoms with Gasteiger partial charge in [0.25, 0.3) is 5.56 Å². The molecule has 0 aliphatic carbocycles. The summed E-state index contributed by atoms with van der Waals surface area (Å²) < 4.78 is 7.58. The Morgan fingerprint density at radius 2 is 1.94 bits per heavy atom. The zero-order valence-corrected chi connectivity index (χ0v) is 18.0. The minimum absolute atomic E-state index is 0.142. The van der Waals surface area contributed by atoms with Crippen LogP contribution in [-0.2, 0) is 17.6 Å². The number of thioether (sulfide) groups is 1. The topological polar surface area (TPSA) is 73.2 Å². The van der Waals surface area contributed by atoms with Crippen LogP contribution in [0.2, 0.25) is 0 Å². The van der Waals surface area contributed by atoms with Crippen molar-refractivity contribution in [2.24, 2.45) is 7.05 Å². The third-order valence-electron chi connectivity index (χ3n) is 5.16. The predicted octanol–water partition coefficient (Wildman–Crippen LogP) is 4.11. The van der Waals surface area contributed by atoms with Crippen molar-refractivity contribution in [1.82, 2.24) is 9.55 Å². The lowest BCUT2D eigenvalue weighted by atomic mass is 9.86. The number of rotatable bonds is 7. The Balaban J connectivity index is 1.73. The Labute approximate surface area is 185 Å². The first-order valence-corrected chi connectivity index (χ1v) is 11.0. The normalized spacial score (nSPS) is 15.1. The quantitative estimate of drug-likeness (QED) is 0.345. The number of carbonyl (C=O) groups is 1. The van der Waals surface area contributed by atoms with Gasteiger partial charge in [-0.2, -0.15) is 4.98 Å². The fourth-order valence-corrected chi connectivity index (χ4v) is 4.62. The monoisotopic (exact) mass is 433 g/mol. The molecule has 2 heterocycles. The molecule has 0 fully saturated rings. The zero-order chi connectivity index (χ0) is 21.8. The number of aromatic nitrogens is 2. The fraction of sp³-hybridized carbons (Fsp3) is 0.208. The van der Waals surface area contributed by atoms with E-state index in [9.17, 15) is 9.59 Å². The molecule has 6 nitrogen and oxygen atoms in total. The van der Waals surface area contributed by atoms with Gasteiger partial charge in [0.05, 0.1) is 5.56 Å². The lowest BCUT2D eigenvalue weighted by molar-refractivity contribution is -0.116. The van der Waals surface area contributed by atoms with Crippen LogP contribution in [0, 0.1) is 0 Å². The van der Waals surface area contributed by atoms with Crippen molar-refractivity contribution in [1.29, 1.82) is 0 Å². The summed E-state index contributed by atoms with van der Waals surface area (Å²) in [6, 6.07) is 17.5. The maximum absolute atomic E-state index is 13.1. The van der Waals surface area contributed by atoms with Gasteiger partial charge in [0.1, 0.15) is 18.2 Å². The van der Waals surface area contributed by atoms with E-state index in [2.05, 4.69) is 16.9 Å². The van der Waals surface area contributed by atoms with Crippen LogP contribution in [0.5, 0.6) is 5.75 Å². The lowest BCUT2D eigenvalue weighted by Gasteiger charge is -2.28. The van der Waals surface area contributed by atoms with E-state index in [-0.39, 0.29) is 17.9 Å². The first kappa shape index (κ1) is 20.9. The third-order valence-corrected chi connectivity index (χ3v) is 6.26. The van der Waals surface area contributed by atoms with Crippen molar-refractivity contribution >= 4 is 23.5 Å². The van der Waals surface area contributed by atoms with E-state index in [4.69, 9.17) is 4.74 Å². The molecule has 1 amide bonds. The molecule has 1 N–H and O–H groups in total. The van der Waals surface area contributed by atoms with Gasteiger partial charge in [-0.15, -0.1) is 0 Å². The molecule has 4 rings (SSSR count). The molecule has 0 radical (unpaired) electrons. The number of hydrogen-bond acceptors (Lipinski definition) is 5. The second kappa shape index (κ2) is 9.22. The highest BCUT2D eigenvalue weighted by molar-refractivity contribution is 7.98. The van der Waals surface area contributed by atoms with Crippen molar-refractivity contribution in [3.8, 4) is 5.75 Å². The maximum Gasteiger partial charge on any atom is 0.279 e. The van der Waals surface area contributed by atoms with Gasteiger partial charge < -0.3 is 14.6 Å². The van der Waals surface area contributed by atoms with Gasteiger partial charge in [0.2, 0.25) is 5.91 Å². The fourth-order valence-electron chi connectivity index (χ4n) is 3.70. The van der Waals surface area contributed by atoms with Crippen LogP contribution in [0.4, 0.5) is 5.82 Å². The molecule has 1 unspecified atom stereocenters. The molecule has 2 aromatic carbocycles. The van der Waals surface area contributed by atoms with Crippen LogP contribution >= 0.6 is 11.8 Å².